The predicted octanol–water partition coefficient (Wildman–Crippen LogP) is 1.74. The summed E-state index contributed by atoms with van der Waals surface area (Å²) in [4.78, 5) is 26.4. The Hall–Kier alpha value is -2.13. The van der Waals surface area contributed by atoms with Crippen molar-refractivity contribution < 1.29 is 22.7 Å². The number of ether oxygens (including phenoxy) is 1. The molecule has 2 heterocycles. The number of benzene rings is 1. The van der Waals surface area contributed by atoms with Crippen LogP contribution in [0.2, 0.25) is 0 Å². The summed E-state index contributed by atoms with van der Waals surface area (Å²) in [7, 11) is -3.88. The maximum absolute atomic E-state index is 13.4. The Balaban J connectivity index is 1.97. The molecule has 2 amide bonds. The molecule has 2 atom stereocenters. The van der Waals surface area contributed by atoms with Crippen LogP contribution in [0.5, 0.6) is 5.75 Å². The van der Waals surface area contributed by atoms with Crippen LogP contribution in [0.1, 0.15) is 39.2 Å². The topological polar surface area (TPSA) is 96.0 Å². The van der Waals surface area contributed by atoms with E-state index in [2.05, 4.69) is 5.32 Å². The van der Waals surface area contributed by atoms with Gasteiger partial charge in [-0.3, -0.25) is 9.59 Å². The van der Waals surface area contributed by atoms with Gasteiger partial charge in [0.15, 0.2) is 6.10 Å². The van der Waals surface area contributed by atoms with E-state index in [0.717, 1.165) is 0 Å². The number of hydrogen-bond acceptors (Lipinski definition) is 5. The van der Waals surface area contributed by atoms with Crippen LogP contribution < -0.4 is 10.1 Å². The van der Waals surface area contributed by atoms with Gasteiger partial charge in [0.1, 0.15) is 11.8 Å². The van der Waals surface area contributed by atoms with E-state index in [4.69, 9.17) is 4.74 Å². The number of fused-ring (bicyclic) bond motifs is 1. The van der Waals surface area contributed by atoms with Gasteiger partial charge in [0.25, 0.3) is 5.91 Å². The van der Waals surface area contributed by atoms with Crippen LogP contribution in [0.25, 0.3) is 0 Å². The highest BCUT2D eigenvalue weighted by molar-refractivity contribution is 7.89. The van der Waals surface area contributed by atoms with E-state index in [-0.39, 0.29) is 16.7 Å². The van der Waals surface area contributed by atoms with Gasteiger partial charge in [0.2, 0.25) is 15.9 Å². The predicted molar refractivity (Wildman–Crippen MR) is 105 cm³/mol. The summed E-state index contributed by atoms with van der Waals surface area (Å²) in [6, 6.07) is 2.37. The number of sulfonamides is 1. The first-order valence-electron chi connectivity index (χ1n) is 9.63. The monoisotopic (exact) mass is 409 g/mol. The SMILES string of the molecule is CCN(CC)C(=O)[C@@H]1CCCN1S(=O)(=O)c1cc2c(cc1C)NC(=O)[C@H](C)O2. The van der Waals surface area contributed by atoms with Crippen LogP contribution in [0.15, 0.2) is 17.0 Å². The molecule has 2 aliphatic rings. The van der Waals surface area contributed by atoms with Gasteiger partial charge >= 0.3 is 0 Å². The Bertz CT molecular complexity index is 895. The van der Waals surface area contributed by atoms with E-state index < -0.39 is 22.2 Å². The molecule has 1 aromatic carbocycles. The summed E-state index contributed by atoms with van der Waals surface area (Å²) in [6.07, 6.45) is 0.460. The number of likely N-dealkylation sites (N-methyl/N-ethyl adjacent to an activating group) is 1. The van der Waals surface area contributed by atoms with Gasteiger partial charge in [-0.15, -0.1) is 0 Å². The van der Waals surface area contributed by atoms with Crippen LogP contribution in [-0.4, -0.2) is 61.2 Å². The van der Waals surface area contributed by atoms with Crippen LogP contribution in [-0.2, 0) is 19.6 Å². The molecule has 0 aliphatic carbocycles. The third kappa shape index (κ3) is 3.48. The molecule has 0 aromatic heterocycles. The van der Waals surface area contributed by atoms with Crippen molar-refractivity contribution in [2.24, 2.45) is 0 Å². The second kappa shape index (κ2) is 7.71. The van der Waals surface area contributed by atoms with Gasteiger partial charge in [-0.2, -0.15) is 4.31 Å². The molecule has 1 N–H and O–H groups in total. The number of nitrogens with zero attached hydrogens (tertiary/aromatic N) is 2. The van der Waals surface area contributed by atoms with Crippen molar-refractivity contribution in [3.05, 3.63) is 17.7 Å². The molecule has 9 heteroatoms. The molecule has 1 fully saturated rings. The molecule has 154 valence electrons. The maximum Gasteiger partial charge on any atom is 0.265 e. The van der Waals surface area contributed by atoms with Crippen molar-refractivity contribution in [3.8, 4) is 5.75 Å². The Morgan fingerprint density at radius 3 is 2.64 bits per heavy atom. The number of aryl methyl sites for hydroxylation is 1. The molecule has 28 heavy (non-hydrogen) atoms. The lowest BCUT2D eigenvalue weighted by atomic mass is 10.1. The average Bonchev–Trinajstić information content (AvgIpc) is 3.14. The zero-order chi connectivity index (χ0) is 20.6. The van der Waals surface area contributed by atoms with Crippen LogP contribution in [0.3, 0.4) is 0 Å². The lowest BCUT2D eigenvalue weighted by Gasteiger charge is -2.29. The summed E-state index contributed by atoms with van der Waals surface area (Å²) < 4.78 is 33.7. The summed E-state index contributed by atoms with van der Waals surface area (Å²) in [6.45, 7) is 8.45. The number of amides is 2. The number of carbonyl (C=O) groups excluding carboxylic acids is 2. The first-order chi connectivity index (χ1) is 13.2. The van der Waals surface area contributed by atoms with Crippen molar-refractivity contribution in [1.29, 1.82) is 0 Å². The van der Waals surface area contributed by atoms with Crippen molar-refractivity contribution in [1.82, 2.24) is 9.21 Å². The zero-order valence-electron chi connectivity index (χ0n) is 16.7. The molecule has 8 nitrogen and oxygen atoms in total. The van der Waals surface area contributed by atoms with E-state index in [9.17, 15) is 18.0 Å². The summed E-state index contributed by atoms with van der Waals surface area (Å²) in [5.41, 5.74) is 0.954. The van der Waals surface area contributed by atoms with Crippen molar-refractivity contribution >= 4 is 27.5 Å². The number of anilines is 1. The third-order valence-electron chi connectivity index (χ3n) is 5.36. The summed E-state index contributed by atoms with van der Waals surface area (Å²) >= 11 is 0. The first kappa shape index (κ1) is 20.6. The van der Waals surface area contributed by atoms with Gasteiger partial charge < -0.3 is 15.0 Å². The van der Waals surface area contributed by atoms with Gasteiger partial charge in [-0.05, 0) is 52.2 Å². The molecule has 1 aromatic rings. The van der Waals surface area contributed by atoms with Crippen molar-refractivity contribution in [2.45, 2.75) is 57.6 Å². The van der Waals surface area contributed by atoms with Gasteiger partial charge in [0, 0.05) is 25.7 Å². The Labute approximate surface area is 165 Å². The number of carbonyl (C=O) groups is 2. The molecule has 0 saturated carbocycles. The van der Waals surface area contributed by atoms with Crippen molar-refractivity contribution in [2.75, 3.05) is 25.0 Å². The highest BCUT2D eigenvalue weighted by atomic mass is 32.2. The maximum atomic E-state index is 13.4. The molecule has 1 saturated heterocycles. The number of hydrogen-bond donors (Lipinski definition) is 1. The Morgan fingerprint density at radius 2 is 2.00 bits per heavy atom. The average molecular weight is 410 g/mol. The molecule has 0 unspecified atom stereocenters. The lowest BCUT2D eigenvalue weighted by molar-refractivity contribution is -0.134. The normalized spacial score (nSPS) is 22.4. The second-order valence-electron chi connectivity index (χ2n) is 7.15. The van der Waals surface area contributed by atoms with E-state index >= 15 is 0 Å². The lowest BCUT2D eigenvalue weighted by Crippen LogP contribution is -2.47. The fourth-order valence-corrected chi connectivity index (χ4v) is 5.64. The largest absolute Gasteiger partial charge is 0.479 e. The fraction of sp³-hybridized carbons (Fsp3) is 0.579. The minimum atomic E-state index is -3.88. The molecular weight excluding hydrogens is 382 g/mol. The third-order valence-corrected chi connectivity index (χ3v) is 7.41. The highest BCUT2D eigenvalue weighted by Gasteiger charge is 2.41. The van der Waals surface area contributed by atoms with E-state index in [1.165, 1.54) is 10.4 Å². The number of rotatable bonds is 5. The van der Waals surface area contributed by atoms with Crippen molar-refractivity contribution in [3.63, 3.8) is 0 Å². The van der Waals surface area contributed by atoms with E-state index in [1.807, 2.05) is 13.8 Å². The van der Waals surface area contributed by atoms with Crippen LogP contribution in [0.4, 0.5) is 5.69 Å². The first-order valence-corrected chi connectivity index (χ1v) is 11.1. The van der Waals surface area contributed by atoms with Gasteiger partial charge in [-0.25, -0.2) is 8.42 Å². The molecule has 0 bridgehead atoms. The number of nitrogens with one attached hydrogen (secondary N) is 1. The standard InChI is InChI=1S/C19H27N3O5S/c1-5-21(6-2)19(24)15-8-7-9-22(15)28(25,26)17-11-16-14(10-12(17)3)20-18(23)13(4)27-16/h10-11,13,15H,5-9H2,1-4H3,(H,20,23)/t13-,15-/m0/s1. The highest BCUT2D eigenvalue weighted by Crippen LogP contribution is 2.37. The molecule has 0 spiro atoms. The summed E-state index contributed by atoms with van der Waals surface area (Å²) in [5, 5.41) is 2.72. The van der Waals surface area contributed by atoms with Crippen LogP contribution >= 0.6 is 0 Å². The molecule has 2 aliphatic heterocycles. The summed E-state index contributed by atoms with van der Waals surface area (Å²) in [5.74, 6) is -0.104. The Kier molecular flexibility index (Phi) is 5.67. The minimum Gasteiger partial charge on any atom is -0.479 e. The molecule has 0 radical (unpaired) electrons. The van der Waals surface area contributed by atoms with Gasteiger partial charge in [-0.1, -0.05) is 0 Å². The smallest absolute Gasteiger partial charge is 0.265 e. The zero-order valence-corrected chi connectivity index (χ0v) is 17.5. The van der Waals surface area contributed by atoms with Gasteiger partial charge in [0.05, 0.1) is 10.6 Å². The fourth-order valence-electron chi connectivity index (χ4n) is 3.77. The van der Waals surface area contributed by atoms with E-state index in [0.29, 0.717) is 49.5 Å². The quantitative estimate of drug-likeness (QED) is 0.799. The Morgan fingerprint density at radius 1 is 1.32 bits per heavy atom. The van der Waals surface area contributed by atoms with E-state index in [1.54, 1.807) is 24.8 Å². The minimum absolute atomic E-state index is 0.105. The van der Waals surface area contributed by atoms with Crippen LogP contribution in [0, 0.1) is 6.92 Å². The molecular formula is C19H27N3O5S. The second-order valence-corrected chi connectivity index (χ2v) is 9.01. The molecule has 3 rings (SSSR count).